The summed E-state index contributed by atoms with van der Waals surface area (Å²) in [5.41, 5.74) is 3.14. The van der Waals surface area contributed by atoms with Crippen LogP contribution in [0, 0.1) is 0 Å². The molecule has 116 valence electrons. The first-order valence-electron chi connectivity index (χ1n) is 7.80. The fourth-order valence-corrected chi connectivity index (χ4v) is 3.09. The number of anilines is 1. The van der Waals surface area contributed by atoms with Gasteiger partial charge in [0.25, 0.3) is 0 Å². The summed E-state index contributed by atoms with van der Waals surface area (Å²) in [5, 5.41) is 15.2. The first kappa shape index (κ1) is 14.0. The Morgan fingerprint density at radius 2 is 2.17 bits per heavy atom. The van der Waals surface area contributed by atoms with Gasteiger partial charge in [-0.25, -0.2) is 4.98 Å². The van der Waals surface area contributed by atoms with Gasteiger partial charge >= 0.3 is 0 Å². The monoisotopic (exact) mass is 306 g/mol. The van der Waals surface area contributed by atoms with Crippen molar-refractivity contribution in [3.05, 3.63) is 60.2 Å². The molecule has 5 heteroatoms. The van der Waals surface area contributed by atoms with E-state index < -0.39 is 0 Å². The molecule has 3 aromatic rings. The van der Waals surface area contributed by atoms with Crippen LogP contribution in [0.3, 0.4) is 0 Å². The van der Waals surface area contributed by atoms with Gasteiger partial charge in [0.05, 0.1) is 12.9 Å². The zero-order valence-corrected chi connectivity index (χ0v) is 12.7. The molecule has 0 radical (unpaired) electrons. The number of nitrogens with zero attached hydrogens (tertiary/aromatic N) is 3. The minimum atomic E-state index is 0.0532. The number of hydrogen-bond donors (Lipinski definition) is 2. The van der Waals surface area contributed by atoms with Gasteiger partial charge in [-0.15, -0.1) is 0 Å². The summed E-state index contributed by atoms with van der Waals surface area (Å²) in [6, 6.07) is 10.1. The summed E-state index contributed by atoms with van der Waals surface area (Å²) in [5.74, 6) is 0.923. The molecule has 0 amide bonds. The first-order valence-corrected chi connectivity index (χ1v) is 7.80. The summed E-state index contributed by atoms with van der Waals surface area (Å²) in [4.78, 5) is 8.77. The average molecular weight is 306 g/mol. The first-order chi connectivity index (χ1) is 11.4. The van der Waals surface area contributed by atoms with Crippen LogP contribution in [0.25, 0.3) is 10.8 Å². The molecule has 2 aromatic carbocycles. The van der Waals surface area contributed by atoms with Crippen molar-refractivity contribution in [2.24, 2.45) is 4.99 Å². The van der Waals surface area contributed by atoms with Crippen molar-refractivity contribution >= 4 is 22.3 Å². The van der Waals surface area contributed by atoms with Crippen molar-refractivity contribution in [2.75, 3.05) is 11.9 Å². The third-order valence-corrected chi connectivity index (χ3v) is 4.21. The van der Waals surface area contributed by atoms with Crippen LogP contribution in [0.5, 0.6) is 0 Å². The number of aliphatic hydroxyl groups is 1. The fraction of sp³-hybridized carbons (Fsp3) is 0.222. The van der Waals surface area contributed by atoms with E-state index >= 15 is 0 Å². The van der Waals surface area contributed by atoms with E-state index in [1.165, 1.54) is 0 Å². The van der Waals surface area contributed by atoms with Crippen LogP contribution < -0.4 is 5.32 Å². The van der Waals surface area contributed by atoms with E-state index in [9.17, 15) is 5.11 Å². The number of nitrogens with one attached hydrogen (secondary N) is 1. The van der Waals surface area contributed by atoms with E-state index in [-0.39, 0.29) is 6.61 Å². The topological polar surface area (TPSA) is 62.4 Å². The molecule has 0 fully saturated rings. The van der Waals surface area contributed by atoms with Gasteiger partial charge in [0.2, 0.25) is 0 Å². The van der Waals surface area contributed by atoms with Gasteiger partial charge in [0, 0.05) is 42.1 Å². The van der Waals surface area contributed by atoms with Crippen LogP contribution in [-0.4, -0.2) is 27.0 Å². The van der Waals surface area contributed by atoms with Gasteiger partial charge in [-0.2, -0.15) is 0 Å². The Kier molecular flexibility index (Phi) is 3.55. The maximum Gasteiger partial charge on any atom is 0.133 e. The van der Waals surface area contributed by atoms with Crippen LogP contribution in [0.1, 0.15) is 17.5 Å². The average Bonchev–Trinajstić information content (AvgIpc) is 3.22. The summed E-state index contributed by atoms with van der Waals surface area (Å²) in [6.45, 7) is 1.73. The molecule has 23 heavy (non-hydrogen) atoms. The van der Waals surface area contributed by atoms with Crippen molar-refractivity contribution in [1.29, 1.82) is 0 Å². The van der Waals surface area contributed by atoms with E-state index in [1.54, 1.807) is 6.20 Å². The number of benzene rings is 2. The minimum absolute atomic E-state index is 0.0532. The maximum absolute atomic E-state index is 9.51. The Balaban J connectivity index is 1.57. The van der Waals surface area contributed by atoms with Crippen molar-refractivity contribution in [2.45, 2.75) is 19.6 Å². The molecule has 4 rings (SSSR count). The summed E-state index contributed by atoms with van der Waals surface area (Å²) >= 11 is 0. The van der Waals surface area contributed by atoms with Crippen molar-refractivity contribution in [1.82, 2.24) is 9.55 Å². The molecule has 2 N–H and O–H groups in total. The van der Waals surface area contributed by atoms with E-state index in [4.69, 9.17) is 4.99 Å². The lowest BCUT2D eigenvalue weighted by Crippen LogP contribution is -2.08. The standard InChI is InChI=1S/C18H18N4O/c23-11-13-5-6-16-17-14(13)3-1-4-15(17)18(21-16)20-7-2-9-22-10-8-19-12-22/h1,3-6,8,10,12,23H,2,7,9,11H2,(H,20,21). The summed E-state index contributed by atoms with van der Waals surface area (Å²) in [6.07, 6.45) is 6.55. The van der Waals surface area contributed by atoms with Gasteiger partial charge < -0.3 is 15.0 Å². The molecule has 0 unspecified atom stereocenters. The highest BCUT2D eigenvalue weighted by atomic mass is 16.3. The molecule has 5 nitrogen and oxygen atoms in total. The molecular weight excluding hydrogens is 288 g/mol. The minimum Gasteiger partial charge on any atom is -0.392 e. The number of aryl methyl sites for hydroxylation is 1. The highest BCUT2D eigenvalue weighted by molar-refractivity contribution is 6.26. The molecule has 0 spiro atoms. The molecule has 0 saturated carbocycles. The predicted molar refractivity (Wildman–Crippen MR) is 91.7 cm³/mol. The number of rotatable bonds is 5. The highest BCUT2D eigenvalue weighted by Gasteiger charge is 2.20. The van der Waals surface area contributed by atoms with Crippen LogP contribution in [0.2, 0.25) is 0 Å². The van der Waals surface area contributed by atoms with E-state index in [1.807, 2.05) is 30.7 Å². The Morgan fingerprint density at radius 1 is 1.22 bits per heavy atom. The number of imidazole rings is 1. The molecule has 1 aromatic heterocycles. The van der Waals surface area contributed by atoms with E-state index in [0.717, 1.165) is 52.9 Å². The van der Waals surface area contributed by atoms with Crippen molar-refractivity contribution in [3.8, 4) is 0 Å². The van der Waals surface area contributed by atoms with Gasteiger partial charge in [0.1, 0.15) is 5.84 Å². The Bertz CT molecular complexity index is 868. The van der Waals surface area contributed by atoms with Crippen molar-refractivity contribution in [3.63, 3.8) is 0 Å². The fourth-order valence-electron chi connectivity index (χ4n) is 3.09. The number of amidine groups is 1. The smallest absolute Gasteiger partial charge is 0.133 e. The van der Waals surface area contributed by atoms with Crippen LogP contribution in [0.15, 0.2) is 54.0 Å². The molecule has 0 aliphatic carbocycles. The lowest BCUT2D eigenvalue weighted by Gasteiger charge is -2.04. The Morgan fingerprint density at radius 3 is 3.00 bits per heavy atom. The van der Waals surface area contributed by atoms with Crippen LogP contribution in [0.4, 0.5) is 5.69 Å². The molecule has 1 aliphatic heterocycles. The molecule has 0 saturated heterocycles. The van der Waals surface area contributed by atoms with Crippen LogP contribution in [-0.2, 0) is 13.2 Å². The zero-order chi connectivity index (χ0) is 15.6. The number of aromatic nitrogens is 2. The van der Waals surface area contributed by atoms with Gasteiger partial charge in [-0.3, -0.25) is 4.99 Å². The van der Waals surface area contributed by atoms with Gasteiger partial charge in [-0.05, 0) is 23.4 Å². The second-order valence-electron chi connectivity index (χ2n) is 5.67. The summed E-state index contributed by atoms with van der Waals surface area (Å²) < 4.78 is 2.06. The summed E-state index contributed by atoms with van der Waals surface area (Å²) in [7, 11) is 0. The largest absolute Gasteiger partial charge is 0.392 e. The normalized spacial score (nSPS) is 14.6. The third-order valence-electron chi connectivity index (χ3n) is 4.21. The molecule has 2 heterocycles. The third kappa shape index (κ3) is 2.49. The number of hydrogen-bond acceptors (Lipinski definition) is 3. The predicted octanol–water partition coefficient (Wildman–Crippen LogP) is 2.79. The Labute approximate surface area is 134 Å². The van der Waals surface area contributed by atoms with Crippen LogP contribution >= 0.6 is 0 Å². The molecule has 0 bridgehead atoms. The van der Waals surface area contributed by atoms with Gasteiger partial charge in [0.15, 0.2) is 0 Å². The number of aliphatic hydroxyl groups excluding tert-OH is 1. The second kappa shape index (κ2) is 5.85. The maximum atomic E-state index is 9.51. The quantitative estimate of drug-likeness (QED) is 0.713. The second-order valence-corrected chi connectivity index (χ2v) is 5.67. The molecule has 1 aliphatic rings. The van der Waals surface area contributed by atoms with E-state index in [2.05, 4.69) is 27.0 Å². The lowest BCUT2D eigenvalue weighted by atomic mass is 10.0. The SMILES string of the molecule is OCc1ccc2c3c(cccc13)C(=NCCCn1ccnc1)N2. The van der Waals surface area contributed by atoms with Crippen molar-refractivity contribution < 1.29 is 5.11 Å². The van der Waals surface area contributed by atoms with E-state index in [0.29, 0.717) is 0 Å². The van der Waals surface area contributed by atoms with Gasteiger partial charge in [-0.1, -0.05) is 24.3 Å². The highest BCUT2D eigenvalue weighted by Crippen LogP contribution is 2.35. The zero-order valence-electron chi connectivity index (χ0n) is 12.7. The number of aliphatic imine (C=N–C) groups is 1. The lowest BCUT2D eigenvalue weighted by molar-refractivity contribution is 0.283. The molecule has 0 atom stereocenters. The molecular formula is C18H18N4O. The Hall–Kier alpha value is -2.66.